The van der Waals surface area contributed by atoms with Crippen molar-refractivity contribution in [1.29, 1.82) is 0 Å². The Hall–Kier alpha value is -3.34. The van der Waals surface area contributed by atoms with Gasteiger partial charge >= 0.3 is 0 Å². The Morgan fingerprint density at radius 3 is 3.00 bits per heavy atom. The van der Waals surface area contributed by atoms with E-state index >= 15 is 0 Å². The third-order valence-corrected chi connectivity index (χ3v) is 5.66. The van der Waals surface area contributed by atoms with Crippen LogP contribution in [0.2, 0.25) is 0 Å². The molecule has 5 nitrogen and oxygen atoms in total. The van der Waals surface area contributed by atoms with Gasteiger partial charge in [0.25, 0.3) is 0 Å². The lowest BCUT2D eigenvalue weighted by Gasteiger charge is -2.22. The highest BCUT2D eigenvalue weighted by Gasteiger charge is 2.28. The van der Waals surface area contributed by atoms with E-state index in [1.54, 1.807) is 13.3 Å². The van der Waals surface area contributed by atoms with Crippen molar-refractivity contribution in [3.63, 3.8) is 0 Å². The maximum Gasteiger partial charge on any atom is 0.227 e. The molecule has 1 unspecified atom stereocenters. The number of carbonyl (C=O) groups excluding carboxylic acids is 1. The van der Waals surface area contributed by atoms with Gasteiger partial charge in [-0.2, -0.15) is 0 Å². The third kappa shape index (κ3) is 2.80. The van der Waals surface area contributed by atoms with E-state index in [1.807, 2.05) is 42.5 Å². The second kappa shape index (κ2) is 6.68. The van der Waals surface area contributed by atoms with Crippen LogP contribution in [0.1, 0.15) is 17.7 Å². The van der Waals surface area contributed by atoms with E-state index in [-0.39, 0.29) is 11.8 Å². The Morgan fingerprint density at radius 2 is 2.11 bits per heavy atom. The minimum absolute atomic E-state index is 0.0565. The van der Waals surface area contributed by atoms with Gasteiger partial charge in [0, 0.05) is 34.1 Å². The fraction of sp³-hybridized carbons (Fsp3) is 0.217. The van der Waals surface area contributed by atoms with Gasteiger partial charge in [-0.15, -0.1) is 0 Å². The van der Waals surface area contributed by atoms with Gasteiger partial charge in [0.2, 0.25) is 5.91 Å². The SMILES string of the molecule is COc1ccc2[nH]c3c(c2c1)CC(C(=O)Nc1cccc2cccnc12)CC3. The van der Waals surface area contributed by atoms with Crippen molar-refractivity contribution >= 4 is 33.4 Å². The Balaban J connectivity index is 1.43. The van der Waals surface area contributed by atoms with E-state index in [1.165, 1.54) is 11.3 Å². The van der Waals surface area contributed by atoms with Gasteiger partial charge in [-0.1, -0.05) is 18.2 Å². The number of para-hydroxylation sites is 1. The van der Waals surface area contributed by atoms with Gasteiger partial charge in [0.15, 0.2) is 0 Å². The fourth-order valence-electron chi connectivity index (χ4n) is 4.19. The molecule has 2 aromatic heterocycles. The highest BCUT2D eigenvalue weighted by Crippen LogP contribution is 2.34. The summed E-state index contributed by atoms with van der Waals surface area (Å²) in [5.74, 6) is 0.834. The number of methoxy groups -OCH3 is 1. The van der Waals surface area contributed by atoms with E-state index in [2.05, 4.69) is 21.4 Å². The summed E-state index contributed by atoms with van der Waals surface area (Å²) in [6.45, 7) is 0. The van der Waals surface area contributed by atoms with E-state index in [0.29, 0.717) is 0 Å². The second-order valence-corrected chi connectivity index (χ2v) is 7.30. The Kier molecular flexibility index (Phi) is 4.01. The van der Waals surface area contributed by atoms with E-state index in [4.69, 9.17) is 4.74 Å². The van der Waals surface area contributed by atoms with E-state index in [0.717, 1.165) is 52.5 Å². The maximum absolute atomic E-state index is 13.0. The number of pyridine rings is 1. The molecule has 2 aromatic carbocycles. The Morgan fingerprint density at radius 1 is 1.21 bits per heavy atom. The number of ether oxygens (including phenoxy) is 1. The van der Waals surface area contributed by atoms with Gasteiger partial charge in [0.05, 0.1) is 18.3 Å². The highest BCUT2D eigenvalue weighted by atomic mass is 16.5. The molecule has 0 fully saturated rings. The number of aromatic amines is 1. The van der Waals surface area contributed by atoms with Gasteiger partial charge in [-0.25, -0.2) is 0 Å². The molecular formula is C23H21N3O2. The molecule has 5 rings (SSSR count). The number of amides is 1. The van der Waals surface area contributed by atoms with Gasteiger partial charge in [-0.3, -0.25) is 9.78 Å². The fourth-order valence-corrected chi connectivity index (χ4v) is 4.19. The number of nitrogens with zero attached hydrogens (tertiary/aromatic N) is 1. The van der Waals surface area contributed by atoms with Gasteiger partial charge in [-0.05, 0) is 55.2 Å². The van der Waals surface area contributed by atoms with Crippen LogP contribution >= 0.6 is 0 Å². The largest absolute Gasteiger partial charge is 0.497 e. The van der Waals surface area contributed by atoms with Crippen LogP contribution in [0, 0.1) is 5.92 Å². The third-order valence-electron chi connectivity index (χ3n) is 5.66. The molecule has 0 aliphatic heterocycles. The molecule has 2 N–H and O–H groups in total. The zero-order valence-corrected chi connectivity index (χ0v) is 15.7. The first-order valence-electron chi connectivity index (χ1n) is 9.55. The van der Waals surface area contributed by atoms with Crippen molar-refractivity contribution in [2.24, 2.45) is 5.92 Å². The van der Waals surface area contributed by atoms with Crippen molar-refractivity contribution in [3.8, 4) is 5.75 Å². The second-order valence-electron chi connectivity index (χ2n) is 7.30. The number of hydrogen-bond donors (Lipinski definition) is 2. The van der Waals surface area contributed by atoms with Crippen LogP contribution in [0.5, 0.6) is 5.75 Å². The number of benzene rings is 2. The molecule has 140 valence electrons. The lowest BCUT2D eigenvalue weighted by Crippen LogP contribution is -2.28. The number of aromatic nitrogens is 2. The van der Waals surface area contributed by atoms with Gasteiger partial charge in [0.1, 0.15) is 5.75 Å². The zero-order chi connectivity index (χ0) is 19.1. The molecule has 1 atom stereocenters. The number of anilines is 1. The van der Waals surface area contributed by atoms with Crippen molar-refractivity contribution in [2.75, 3.05) is 12.4 Å². The summed E-state index contributed by atoms with van der Waals surface area (Å²) in [6, 6.07) is 15.8. The topological polar surface area (TPSA) is 67.0 Å². The summed E-state index contributed by atoms with van der Waals surface area (Å²) in [6.07, 6.45) is 4.19. The van der Waals surface area contributed by atoms with Crippen LogP contribution in [0.25, 0.3) is 21.8 Å². The molecule has 0 saturated heterocycles. The zero-order valence-electron chi connectivity index (χ0n) is 15.7. The molecule has 28 heavy (non-hydrogen) atoms. The number of H-pyrrole nitrogens is 1. The number of nitrogens with one attached hydrogen (secondary N) is 2. The average Bonchev–Trinajstić information content (AvgIpc) is 3.11. The first-order valence-corrected chi connectivity index (χ1v) is 9.55. The van der Waals surface area contributed by atoms with Crippen LogP contribution in [0.3, 0.4) is 0 Å². The van der Waals surface area contributed by atoms with Crippen LogP contribution in [0.15, 0.2) is 54.7 Å². The minimum atomic E-state index is -0.0586. The highest BCUT2D eigenvalue weighted by molar-refractivity contribution is 6.01. The summed E-state index contributed by atoms with van der Waals surface area (Å²) < 4.78 is 5.38. The normalized spacial score (nSPS) is 16.1. The number of carbonyl (C=O) groups is 1. The molecule has 0 spiro atoms. The number of aryl methyl sites for hydroxylation is 1. The summed E-state index contributed by atoms with van der Waals surface area (Å²) >= 11 is 0. The lowest BCUT2D eigenvalue weighted by atomic mass is 9.85. The van der Waals surface area contributed by atoms with Crippen LogP contribution in [-0.4, -0.2) is 23.0 Å². The number of hydrogen-bond acceptors (Lipinski definition) is 3. The smallest absolute Gasteiger partial charge is 0.227 e. The lowest BCUT2D eigenvalue weighted by molar-refractivity contribution is -0.120. The van der Waals surface area contributed by atoms with Crippen molar-refractivity contribution in [2.45, 2.75) is 19.3 Å². The first kappa shape index (κ1) is 16.8. The van der Waals surface area contributed by atoms with Crippen molar-refractivity contribution in [1.82, 2.24) is 9.97 Å². The molecule has 0 radical (unpaired) electrons. The minimum Gasteiger partial charge on any atom is -0.497 e. The molecule has 5 heteroatoms. The number of fused-ring (bicyclic) bond motifs is 4. The molecule has 1 aliphatic rings. The molecule has 2 heterocycles. The van der Waals surface area contributed by atoms with Crippen LogP contribution in [0.4, 0.5) is 5.69 Å². The van der Waals surface area contributed by atoms with E-state index < -0.39 is 0 Å². The summed E-state index contributed by atoms with van der Waals surface area (Å²) in [5.41, 5.74) is 5.17. The molecule has 4 aromatic rings. The first-order chi connectivity index (χ1) is 13.7. The molecular weight excluding hydrogens is 350 g/mol. The van der Waals surface area contributed by atoms with Crippen LogP contribution < -0.4 is 10.1 Å². The predicted molar refractivity (Wildman–Crippen MR) is 111 cm³/mol. The Labute approximate surface area is 162 Å². The van der Waals surface area contributed by atoms with Crippen LogP contribution in [-0.2, 0) is 17.6 Å². The Bertz CT molecular complexity index is 1190. The maximum atomic E-state index is 13.0. The monoisotopic (exact) mass is 371 g/mol. The summed E-state index contributed by atoms with van der Waals surface area (Å²) in [4.78, 5) is 21.0. The summed E-state index contributed by atoms with van der Waals surface area (Å²) in [7, 11) is 1.68. The van der Waals surface area contributed by atoms with Gasteiger partial charge < -0.3 is 15.0 Å². The van der Waals surface area contributed by atoms with Crippen molar-refractivity contribution in [3.05, 3.63) is 66.0 Å². The number of rotatable bonds is 3. The summed E-state index contributed by atoms with van der Waals surface area (Å²) in [5, 5.41) is 5.29. The average molecular weight is 371 g/mol. The molecule has 0 bridgehead atoms. The molecule has 1 aliphatic carbocycles. The quantitative estimate of drug-likeness (QED) is 0.558. The standard InChI is InChI=1S/C23H21N3O2/c1-28-16-8-10-20-18(13-16)17-12-15(7-9-19(17)25-20)23(27)26-21-6-2-4-14-5-3-11-24-22(14)21/h2-6,8,10-11,13,15,25H,7,9,12H2,1H3,(H,26,27). The predicted octanol–water partition coefficient (Wildman–Crippen LogP) is 4.47. The molecule has 0 saturated carbocycles. The van der Waals surface area contributed by atoms with E-state index in [9.17, 15) is 4.79 Å². The van der Waals surface area contributed by atoms with Crippen molar-refractivity contribution < 1.29 is 9.53 Å². The molecule has 1 amide bonds.